The molecular weight excluding hydrogens is 114 g/mol. The molecule has 0 aromatic rings. The summed E-state index contributed by atoms with van der Waals surface area (Å²) in [5.41, 5.74) is 5.68. The summed E-state index contributed by atoms with van der Waals surface area (Å²) in [6.07, 6.45) is 4.07. The van der Waals surface area contributed by atoms with Gasteiger partial charge in [0.15, 0.2) is 0 Å². The van der Waals surface area contributed by atoms with Gasteiger partial charge in [-0.25, -0.2) is 0 Å². The third-order valence-corrected chi connectivity index (χ3v) is 1.54. The van der Waals surface area contributed by atoms with E-state index in [1.54, 1.807) is 0 Å². The summed E-state index contributed by atoms with van der Waals surface area (Å²) >= 11 is 0. The van der Waals surface area contributed by atoms with Gasteiger partial charge in [0.05, 0.1) is 12.6 Å². The standard InChI is InChI=1S/C7H13NO/c1-2-6(8)7-4-3-5-9-7/h4,6H,2-3,5,8H2,1H3. The van der Waals surface area contributed by atoms with Crippen molar-refractivity contribution in [1.29, 1.82) is 0 Å². The Balaban J connectivity index is 2.40. The van der Waals surface area contributed by atoms with E-state index in [0.717, 1.165) is 25.2 Å². The van der Waals surface area contributed by atoms with Crippen molar-refractivity contribution in [2.24, 2.45) is 5.73 Å². The van der Waals surface area contributed by atoms with Gasteiger partial charge < -0.3 is 10.5 Å². The molecule has 2 nitrogen and oxygen atoms in total. The number of rotatable bonds is 2. The summed E-state index contributed by atoms with van der Waals surface area (Å²) < 4.78 is 5.24. The molecule has 52 valence electrons. The molecule has 1 atom stereocenters. The average Bonchev–Trinajstić information content (AvgIpc) is 2.37. The fourth-order valence-electron chi connectivity index (χ4n) is 0.896. The van der Waals surface area contributed by atoms with Gasteiger partial charge in [-0.15, -0.1) is 0 Å². The molecule has 0 aliphatic carbocycles. The molecular formula is C7H13NO. The van der Waals surface area contributed by atoms with Crippen molar-refractivity contribution < 1.29 is 4.74 Å². The second kappa shape index (κ2) is 2.87. The Morgan fingerprint density at radius 3 is 3.11 bits per heavy atom. The quantitative estimate of drug-likeness (QED) is 0.601. The highest BCUT2D eigenvalue weighted by Gasteiger charge is 2.11. The smallest absolute Gasteiger partial charge is 0.109 e. The molecule has 1 heterocycles. The first-order valence-corrected chi connectivity index (χ1v) is 3.43. The second-order valence-electron chi connectivity index (χ2n) is 2.26. The predicted octanol–water partition coefficient (Wildman–Crippen LogP) is 1.03. The van der Waals surface area contributed by atoms with E-state index in [1.807, 2.05) is 0 Å². The Morgan fingerprint density at radius 2 is 2.67 bits per heavy atom. The lowest BCUT2D eigenvalue weighted by atomic mass is 10.2. The van der Waals surface area contributed by atoms with Crippen LogP contribution >= 0.6 is 0 Å². The molecule has 0 spiro atoms. The molecule has 9 heavy (non-hydrogen) atoms. The normalized spacial score (nSPS) is 20.9. The molecule has 1 rings (SSSR count). The summed E-state index contributed by atoms with van der Waals surface area (Å²) in [5, 5.41) is 0. The van der Waals surface area contributed by atoms with Crippen molar-refractivity contribution in [1.82, 2.24) is 0 Å². The SMILES string of the molecule is CCC(N)C1=CCCO1. The molecule has 0 saturated carbocycles. The van der Waals surface area contributed by atoms with Gasteiger partial charge in [0.2, 0.25) is 0 Å². The van der Waals surface area contributed by atoms with Crippen LogP contribution in [0.5, 0.6) is 0 Å². The molecule has 0 aromatic heterocycles. The van der Waals surface area contributed by atoms with Crippen LogP contribution < -0.4 is 5.73 Å². The van der Waals surface area contributed by atoms with Crippen LogP contribution in [0.2, 0.25) is 0 Å². The maximum Gasteiger partial charge on any atom is 0.109 e. The van der Waals surface area contributed by atoms with Gasteiger partial charge in [0.1, 0.15) is 5.76 Å². The minimum Gasteiger partial charge on any atom is -0.496 e. The monoisotopic (exact) mass is 127 g/mol. The highest BCUT2D eigenvalue weighted by Crippen LogP contribution is 2.13. The first-order valence-electron chi connectivity index (χ1n) is 3.43. The van der Waals surface area contributed by atoms with Crippen LogP contribution in [0.25, 0.3) is 0 Å². The Morgan fingerprint density at radius 1 is 1.89 bits per heavy atom. The number of hydrogen-bond donors (Lipinski definition) is 1. The molecule has 0 radical (unpaired) electrons. The van der Waals surface area contributed by atoms with Crippen LogP contribution in [0.1, 0.15) is 19.8 Å². The third kappa shape index (κ3) is 1.45. The zero-order valence-electron chi connectivity index (χ0n) is 5.76. The van der Waals surface area contributed by atoms with Crippen molar-refractivity contribution in [2.75, 3.05) is 6.61 Å². The molecule has 0 bridgehead atoms. The van der Waals surface area contributed by atoms with E-state index in [4.69, 9.17) is 10.5 Å². The van der Waals surface area contributed by atoms with Crippen molar-refractivity contribution in [2.45, 2.75) is 25.8 Å². The van der Waals surface area contributed by atoms with Crippen LogP contribution in [0, 0.1) is 0 Å². The highest BCUT2D eigenvalue weighted by atomic mass is 16.5. The summed E-state index contributed by atoms with van der Waals surface area (Å²) in [4.78, 5) is 0. The molecule has 1 unspecified atom stereocenters. The molecule has 0 fully saturated rings. The van der Waals surface area contributed by atoms with Crippen LogP contribution in [-0.2, 0) is 4.74 Å². The van der Waals surface area contributed by atoms with Gasteiger partial charge in [0.25, 0.3) is 0 Å². The van der Waals surface area contributed by atoms with Crippen molar-refractivity contribution in [3.63, 3.8) is 0 Å². The first kappa shape index (κ1) is 6.62. The van der Waals surface area contributed by atoms with E-state index in [0.29, 0.717) is 0 Å². The van der Waals surface area contributed by atoms with E-state index in [9.17, 15) is 0 Å². The summed E-state index contributed by atoms with van der Waals surface area (Å²) in [6, 6.07) is 0.132. The fourth-order valence-corrected chi connectivity index (χ4v) is 0.896. The molecule has 1 aliphatic rings. The maximum absolute atomic E-state index is 5.68. The van der Waals surface area contributed by atoms with E-state index in [1.165, 1.54) is 0 Å². The van der Waals surface area contributed by atoms with Crippen molar-refractivity contribution >= 4 is 0 Å². The zero-order chi connectivity index (χ0) is 6.69. The number of hydrogen-bond acceptors (Lipinski definition) is 2. The molecule has 0 aromatic carbocycles. The van der Waals surface area contributed by atoms with E-state index in [2.05, 4.69) is 13.0 Å². The Kier molecular flexibility index (Phi) is 2.11. The van der Waals surface area contributed by atoms with E-state index >= 15 is 0 Å². The van der Waals surface area contributed by atoms with Crippen LogP contribution in [0.15, 0.2) is 11.8 Å². The average molecular weight is 127 g/mol. The van der Waals surface area contributed by atoms with Gasteiger partial charge in [0, 0.05) is 6.42 Å². The molecule has 0 amide bonds. The second-order valence-corrected chi connectivity index (χ2v) is 2.26. The van der Waals surface area contributed by atoms with Gasteiger partial charge in [-0.1, -0.05) is 6.92 Å². The van der Waals surface area contributed by atoms with E-state index < -0.39 is 0 Å². The third-order valence-electron chi connectivity index (χ3n) is 1.54. The fraction of sp³-hybridized carbons (Fsp3) is 0.714. The van der Waals surface area contributed by atoms with Gasteiger partial charge in [-0.05, 0) is 12.5 Å². The van der Waals surface area contributed by atoms with Gasteiger partial charge >= 0.3 is 0 Å². The largest absolute Gasteiger partial charge is 0.496 e. The Hall–Kier alpha value is -0.500. The minimum absolute atomic E-state index is 0.132. The molecule has 2 heteroatoms. The summed E-state index contributed by atoms with van der Waals surface area (Å²) in [7, 11) is 0. The van der Waals surface area contributed by atoms with Crippen molar-refractivity contribution in [3.05, 3.63) is 11.8 Å². The number of ether oxygens (including phenoxy) is 1. The number of nitrogens with two attached hydrogens (primary N) is 1. The maximum atomic E-state index is 5.68. The van der Waals surface area contributed by atoms with Gasteiger partial charge in [-0.2, -0.15) is 0 Å². The highest BCUT2D eigenvalue weighted by molar-refractivity contribution is 5.05. The Bertz CT molecular complexity index is 120. The van der Waals surface area contributed by atoms with E-state index in [-0.39, 0.29) is 6.04 Å². The molecule has 0 saturated heterocycles. The van der Waals surface area contributed by atoms with Crippen LogP contribution in [-0.4, -0.2) is 12.6 Å². The van der Waals surface area contributed by atoms with Gasteiger partial charge in [-0.3, -0.25) is 0 Å². The van der Waals surface area contributed by atoms with Crippen molar-refractivity contribution in [3.8, 4) is 0 Å². The molecule has 1 aliphatic heterocycles. The summed E-state index contributed by atoms with van der Waals surface area (Å²) in [5.74, 6) is 0.984. The minimum atomic E-state index is 0.132. The topological polar surface area (TPSA) is 35.2 Å². The lowest BCUT2D eigenvalue weighted by Gasteiger charge is -2.09. The summed E-state index contributed by atoms with van der Waals surface area (Å²) in [6.45, 7) is 2.89. The predicted molar refractivity (Wildman–Crippen MR) is 36.9 cm³/mol. The first-order chi connectivity index (χ1) is 4.34. The molecule has 2 N–H and O–H groups in total. The Labute approximate surface area is 55.7 Å². The van der Waals surface area contributed by atoms with Crippen LogP contribution in [0.3, 0.4) is 0 Å². The van der Waals surface area contributed by atoms with Crippen LogP contribution in [0.4, 0.5) is 0 Å². The lowest BCUT2D eigenvalue weighted by molar-refractivity contribution is 0.223. The lowest BCUT2D eigenvalue weighted by Crippen LogP contribution is -2.21. The zero-order valence-corrected chi connectivity index (χ0v) is 5.76.